The van der Waals surface area contributed by atoms with Crippen molar-refractivity contribution in [1.29, 1.82) is 0 Å². The molecule has 0 radical (unpaired) electrons. The molecule has 0 bridgehead atoms. The van der Waals surface area contributed by atoms with E-state index in [9.17, 15) is 22.0 Å². The molecule has 0 fully saturated rings. The third-order valence-electron chi connectivity index (χ3n) is 3.80. The van der Waals surface area contributed by atoms with Gasteiger partial charge in [0.15, 0.2) is 0 Å². The molecule has 1 aromatic carbocycles. The fourth-order valence-electron chi connectivity index (χ4n) is 3.13. The van der Waals surface area contributed by atoms with Gasteiger partial charge in [-0.25, -0.2) is 0 Å². The molecule has 1 aromatic heterocycles. The van der Waals surface area contributed by atoms with Crippen LogP contribution in [0.1, 0.15) is 12.5 Å². The van der Waals surface area contributed by atoms with Gasteiger partial charge in [0.1, 0.15) is 0 Å². The van der Waals surface area contributed by atoms with Gasteiger partial charge >= 0.3 is 12.3 Å². The molecule has 3 rings (SSSR count). The number of aromatic nitrogens is 1. The molecule has 1 aliphatic rings. The molecule has 0 amide bonds. The third-order valence-corrected chi connectivity index (χ3v) is 3.80. The van der Waals surface area contributed by atoms with E-state index in [4.69, 9.17) is 0 Å². The summed E-state index contributed by atoms with van der Waals surface area (Å²) in [5, 5.41) is 0.910. The maximum absolute atomic E-state index is 13.5. The average molecular weight is 304 g/mol. The molecule has 7 heteroatoms. The Morgan fingerprint density at radius 3 is 2.48 bits per heavy atom. The van der Waals surface area contributed by atoms with Gasteiger partial charge in [-0.05, 0) is 23.4 Å². The van der Waals surface area contributed by atoms with E-state index in [0.29, 0.717) is 5.56 Å². The van der Waals surface area contributed by atoms with Crippen LogP contribution in [-0.4, -0.2) is 27.9 Å². The Labute approximate surface area is 117 Å². The van der Waals surface area contributed by atoms with Gasteiger partial charge in [-0.15, -0.1) is 4.90 Å². The molecule has 1 unspecified atom stereocenters. The van der Waals surface area contributed by atoms with Gasteiger partial charge in [-0.1, -0.05) is 18.2 Å². The lowest BCUT2D eigenvalue weighted by Gasteiger charge is -2.39. The molecular formula is C14H13F5N2. The van der Waals surface area contributed by atoms with E-state index in [0.717, 1.165) is 10.9 Å². The van der Waals surface area contributed by atoms with E-state index in [1.54, 1.807) is 29.0 Å². The van der Waals surface area contributed by atoms with Gasteiger partial charge in [0, 0.05) is 25.7 Å². The van der Waals surface area contributed by atoms with Crippen molar-refractivity contribution in [3.63, 3.8) is 0 Å². The Kier molecular flexibility index (Phi) is 3.02. The summed E-state index contributed by atoms with van der Waals surface area (Å²) in [5.41, 5.74) is 1.49. The summed E-state index contributed by atoms with van der Waals surface area (Å²) in [4.78, 5) is -0.637. The van der Waals surface area contributed by atoms with Crippen LogP contribution < -0.4 is 0 Å². The zero-order valence-electron chi connectivity index (χ0n) is 11.2. The predicted molar refractivity (Wildman–Crippen MR) is 67.9 cm³/mol. The fourth-order valence-corrected chi connectivity index (χ4v) is 3.13. The second-order valence-electron chi connectivity index (χ2n) is 5.36. The van der Waals surface area contributed by atoms with Gasteiger partial charge in [-0.3, -0.25) is 0 Å². The molecule has 1 aliphatic heterocycles. The Morgan fingerprint density at radius 2 is 1.86 bits per heavy atom. The molecule has 0 N–H and O–H groups in total. The standard InChI is InChI=1S/C14H13F5N2/c1-13(15,16)21(14(17,18)19)11-7-10-4-2-3-9-5-6-20(8-11)12(9)10/h2-6,11H,7-8H2,1H3. The summed E-state index contributed by atoms with van der Waals surface area (Å²) in [6.45, 7) is 0.176. The van der Waals surface area contributed by atoms with E-state index in [2.05, 4.69) is 0 Å². The van der Waals surface area contributed by atoms with Gasteiger partial charge in [0.2, 0.25) is 0 Å². The molecule has 0 saturated heterocycles. The van der Waals surface area contributed by atoms with E-state index in [-0.39, 0.29) is 19.9 Å². The van der Waals surface area contributed by atoms with Crippen molar-refractivity contribution in [2.45, 2.75) is 38.3 Å². The highest BCUT2D eigenvalue weighted by atomic mass is 19.4. The van der Waals surface area contributed by atoms with E-state index in [1.807, 2.05) is 6.07 Å². The van der Waals surface area contributed by atoms with Crippen LogP contribution in [0.4, 0.5) is 22.0 Å². The molecule has 2 nitrogen and oxygen atoms in total. The lowest BCUT2D eigenvalue weighted by molar-refractivity contribution is -0.340. The number of nitrogens with zero attached hydrogens (tertiary/aromatic N) is 2. The normalized spacial score (nSPS) is 19.5. The fraction of sp³-hybridized carbons (Fsp3) is 0.429. The average Bonchev–Trinajstić information content (AvgIpc) is 2.70. The lowest BCUT2D eigenvalue weighted by atomic mass is 9.99. The van der Waals surface area contributed by atoms with Crippen LogP contribution in [0.2, 0.25) is 0 Å². The first-order valence-electron chi connectivity index (χ1n) is 6.48. The number of rotatable bonds is 2. The van der Waals surface area contributed by atoms with Crippen molar-refractivity contribution in [1.82, 2.24) is 9.47 Å². The molecular weight excluding hydrogens is 291 g/mol. The Balaban J connectivity index is 2.03. The summed E-state index contributed by atoms with van der Waals surface area (Å²) < 4.78 is 67.6. The Morgan fingerprint density at radius 1 is 1.14 bits per heavy atom. The largest absolute Gasteiger partial charge is 0.464 e. The van der Waals surface area contributed by atoms with E-state index < -0.39 is 23.3 Å². The third kappa shape index (κ3) is 2.39. The molecule has 0 spiro atoms. The van der Waals surface area contributed by atoms with Crippen molar-refractivity contribution >= 4 is 10.9 Å². The minimum Gasteiger partial charge on any atom is -0.346 e. The maximum atomic E-state index is 13.5. The summed E-state index contributed by atoms with van der Waals surface area (Å²) in [5.74, 6) is 0. The molecule has 114 valence electrons. The molecule has 0 saturated carbocycles. The van der Waals surface area contributed by atoms with Crippen molar-refractivity contribution in [3.05, 3.63) is 36.0 Å². The highest BCUT2D eigenvalue weighted by Crippen LogP contribution is 2.38. The quantitative estimate of drug-likeness (QED) is 0.601. The van der Waals surface area contributed by atoms with Crippen LogP contribution in [0.5, 0.6) is 0 Å². The second-order valence-corrected chi connectivity index (χ2v) is 5.36. The number of halogens is 5. The summed E-state index contributed by atoms with van der Waals surface area (Å²) in [7, 11) is 0. The molecule has 1 atom stereocenters. The van der Waals surface area contributed by atoms with Gasteiger partial charge in [-0.2, -0.15) is 22.0 Å². The molecule has 2 aromatic rings. The zero-order chi connectivity index (χ0) is 15.4. The molecule has 2 heterocycles. The highest BCUT2D eigenvalue weighted by Gasteiger charge is 2.54. The van der Waals surface area contributed by atoms with Crippen molar-refractivity contribution in [2.24, 2.45) is 0 Å². The first-order chi connectivity index (χ1) is 9.68. The molecule has 21 heavy (non-hydrogen) atoms. The SMILES string of the molecule is CC(F)(F)N(C1Cc2cccc3ccn(c23)C1)C(F)(F)F. The van der Waals surface area contributed by atoms with Crippen LogP contribution in [0.15, 0.2) is 30.5 Å². The Hall–Kier alpha value is -1.63. The van der Waals surface area contributed by atoms with Gasteiger partial charge < -0.3 is 4.57 Å². The van der Waals surface area contributed by atoms with Gasteiger partial charge in [0.05, 0.1) is 5.52 Å². The topological polar surface area (TPSA) is 8.17 Å². The number of benzene rings is 1. The maximum Gasteiger partial charge on any atom is 0.464 e. The van der Waals surface area contributed by atoms with Crippen LogP contribution in [0, 0.1) is 0 Å². The smallest absolute Gasteiger partial charge is 0.346 e. The van der Waals surface area contributed by atoms with Crippen LogP contribution in [-0.2, 0) is 13.0 Å². The van der Waals surface area contributed by atoms with Crippen LogP contribution in [0.25, 0.3) is 10.9 Å². The first-order valence-corrected chi connectivity index (χ1v) is 6.48. The second kappa shape index (κ2) is 4.43. The zero-order valence-corrected chi connectivity index (χ0v) is 11.2. The highest BCUT2D eigenvalue weighted by molar-refractivity contribution is 5.84. The number of hydrogen-bond donors (Lipinski definition) is 0. The van der Waals surface area contributed by atoms with E-state index in [1.165, 1.54) is 0 Å². The monoisotopic (exact) mass is 304 g/mol. The first kappa shape index (κ1) is 14.3. The number of alkyl halides is 5. The number of para-hydroxylation sites is 1. The minimum atomic E-state index is -5.08. The van der Waals surface area contributed by atoms with Crippen molar-refractivity contribution < 1.29 is 22.0 Å². The van der Waals surface area contributed by atoms with Crippen molar-refractivity contribution in [2.75, 3.05) is 0 Å². The van der Waals surface area contributed by atoms with Crippen LogP contribution >= 0.6 is 0 Å². The lowest BCUT2D eigenvalue weighted by Crippen LogP contribution is -2.57. The number of hydrogen-bond acceptors (Lipinski definition) is 1. The van der Waals surface area contributed by atoms with Crippen molar-refractivity contribution in [3.8, 4) is 0 Å². The summed E-state index contributed by atoms with van der Waals surface area (Å²) in [6, 6.07) is 1.77. The summed E-state index contributed by atoms with van der Waals surface area (Å²) >= 11 is 0. The van der Waals surface area contributed by atoms with Gasteiger partial charge in [0.25, 0.3) is 0 Å². The minimum absolute atomic E-state index is 0.0513. The predicted octanol–water partition coefficient (Wildman–Crippen LogP) is 4.00. The molecule has 0 aliphatic carbocycles. The van der Waals surface area contributed by atoms with Crippen LogP contribution in [0.3, 0.4) is 0 Å². The Bertz CT molecular complexity index is 654. The van der Waals surface area contributed by atoms with E-state index >= 15 is 0 Å². The summed E-state index contributed by atoms with van der Waals surface area (Å²) in [6.07, 6.45) is -3.49.